The quantitative estimate of drug-likeness (QED) is 0.437. The second-order valence-electron chi connectivity index (χ2n) is 7.99. The summed E-state index contributed by atoms with van der Waals surface area (Å²) >= 11 is 1.58. The third-order valence-corrected chi connectivity index (χ3v) is 7.01. The van der Waals surface area contributed by atoms with Crippen LogP contribution in [0.4, 0.5) is 5.69 Å². The van der Waals surface area contributed by atoms with E-state index in [1.807, 2.05) is 54.6 Å². The van der Waals surface area contributed by atoms with Gasteiger partial charge >= 0.3 is 0 Å². The van der Waals surface area contributed by atoms with Crippen molar-refractivity contribution in [2.24, 2.45) is 5.92 Å². The van der Waals surface area contributed by atoms with Crippen molar-refractivity contribution >= 4 is 34.1 Å². The van der Waals surface area contributed by atoms with E-state index in [1.54, 1.807) is 16.2 Å². The van der Waals surface area contributed by atoms with Gasteiger partial charge in [0.1, 0.15) is 16.6 Å². The summed E-state index contributed by atoms with van der Waals surface area (Å²) in [5.41, 5.74) is 4.69. The first-order valence-electron chi connectivity index (χ1n) is 10.2. The molecule has 0 bridgehead atoms. The summed E-state index contributed by atoms with van der Waals surface area (Å²) in [6.07, 6.45) is 3.08. The fraction of sp³-hybridized carbons (Fsp3) is 0.240. The summed E-state index contributed by atoms with van der Waals surface area (Å²) in [4.78, 5) is 21.3. The Morgan fingerprint density at radius 3 is 2.77 bits per heavy atom. The molecule has 0 N–H and O–H groups in total. The maximum absolute atomic E-state index is 13.5. The van der Waals surface area contributed by atoms with Gasteiger partial charge in [-0.05, 0) is 36.8 Å². The van der Waals surface area contributed by atoms with Crippen LogP contribution in [-0.2, 0) is 24.2 Å². The van der Waals surface area contributed by atoms with E-state index in [4.69, 9.17) is 4.98 Å². The number of aromatic nitrogens is 1. The monoisotopic (exact) mass is 411 g/mol. The summed E-state index contributed by atoms with van der Waals surface area (Å²) in [6.45, 7) is 2.73. The van der Waals surface area contributed by atoms with Gasteiger partial charge in [0.2, 0.25) is 0 Å². The van der Waals surface area contributed by atoms with Crippen molar-refractivity contribution in [3.05, 3.63) is 81.3 Å². The highest BCUT2D eigenvalue weighted by atomic mass is 32.1. The molecule has 0 spiro atoms. The maximum Gasteiger partial charge on any atom is 0.260 e. The smallest absolute Gasteiger partial charge is 0.260 e. The van der Waals surface area contributed by atoms with Gasteiger partial charge in [-0.2, -0.15) is 5.26 Å². The van der Waals surface area contributed by atoms with Crippen LogP contribution in [0, 0.1) is 17.2 Å². The van der Waals surface area contributed by atoms with Crippen molar-refractivity contribution in [1.82, 2.24) is 4.98 Å². The molecule has 0 saturated carbocycles. The van der Waals surface area contributed by atoms with Crippen LogP contribution in [-0.4, -0.2) is 10.9 Å². The van der Waals surface area contributed by atoms with Crippen LogP contribution in [0.25, 0.3) is 11.1 Å². The van der Waals surface area contributed by atoms with Crippen LogP contribution in [0.1, 0.15) is 40.1 Å². The molecule has 148 valence electrons. The first kappa shape index (κ1) is 18.8. The van der Waals surface area contributed by atoms with Crippen LogP contribution in [0.15, 0.2) is 54.6 Å². The number of carbonyl (C=O) groups excluding carboxylic acids is 1. The number of amides is 1. The Kier molecular flexibility index (Phi) is 4.72. The summed E-state index contributed by atoms with van der Waals surface area (Å²) in [5, 5.41) is 10.7. The van der Waals surface area contributed by atoms with Crippen molar-refractivity contribution in [3.63, 3.8) is 0 Å². The number of carbonyl (C=O) groups is 1. The van der Waals surface area contributed by atoms with E-state index in [1.165, 1.54) is 4.88 Å². The molecule has 1 aliphatic carbocycles. The summed E-state index contributed by atoms with van der Waals surface area (Å²) in [5.74, 6) is 0.511. The number of nitrogens with zero attached hydrogens (tertiary/aromatic N) is 3. The number of benzene rings is 2. The van der Waals surface area contributed by atoms with Crippen LogP contribution in [0.5, 0.6) is 0 Å². The van der Waals surface area contributed by atoms with Crippen molar-refractivity contribution in [3.8, 4) is 6.07 Å². The SMILES string of the molecule is C[C@H]1CCc2nc(/C(C#N)=C3\C(=O)N(Cc4ccccc4)c4ccccc43)sc2C1. The van der Waals surface area contributed by atoms with Crippen molar-refractivity contribution < 1.29 is 4.79 Å². The minimum absolute atomic E-state index is 0.127. The fourth-order valence-electron chi connectivity index (χ4n) is 4.30. The van der Waals surface area contributed by atoms with Gasteiger partial charge in [-0.25, -0.2) is 4.98 Å². The number of fused-ring (bicyclic) bond motifs is 2. The molecule has 1 aromatic heterocycles. The van der Waals surface area contributed by atoms with Crippen molar-refractivity contribution in [2.45, 2.75) is 32.7 Å². The lowest BCUT2D eigenvalue weighted by Gasteiger charge is -2.17. The van der Waals surface area contributed by atoms with E-state index in [0.29, 0.717) is 28.6 Å². The highest BCUT2D eigenvalue weighted by molar-refractivity contribution is 7.13. The van der Waals surface area contributed by atoms with E-state index in [9.17, 15) is 10.1 Å². The molecule has 0 unspecified atom stereocenters. The number of aryl methyl sites for hydroxylation is 1. The molecule has 2 heterocycles. The minimum Gasteiger partial charge on any atom is -0.303 e. The van der Waals surface area contributed by atoms with Crippen LogP contribution < -0.4 is 4.90 Å². The molecule has 1 aliphatic heterocycles. The van der Waals surface area contributed by atoms with Crippen molar-refractivity contribution in [2.75, 3.05) is 4.90 Å². The predicted octanol–water partition coefficient (Wildman–Crippen LogP) is 5.25. The van der Waals surface area contributed by atoms with E-state index in [2.05, 4.69) is 13.0 Å². The Balaban J connectivity index is 1.61. The molecular weight excluding hydrogens is 390 g/mol. The maximum atomic E-state index is 13.5. The number of para-hydroxylation sites is 1. The minimum atomic E-state index is -0.127. The van der Waals surface area contributed by atoms with Crippen LogP contribution >= 0.6 is 11.3 Å². The van der Waals surface area contributed by atoms with Crippen LogP contribution in [0.2, 0.25) is 0 Å². The average molecular weight is 412 g/mol. The molecule has 1 amide bonds. The zero-order chi connectivity index (χ0) is 20.7. The zero-order valence-electron chi connectivity index (χ0n) is 16.8. The lowest BCUT2D eigenvalue weighted by atomic mass is 9.93. The molecule has 5 heteroatoms. The molecule has 0 saturated heterocycles. The Morgan fingerprint density at radius 1 is 1.20 bits per heavy atom. The normalized spacial score (nSPS) is 19.3. The third-order valence-electron chi connectivity index (χ3n) is 5.87. The summed E-state index contributed by atoms with van der Waals surface area (Å²) in [7, 11) is 0. The topological polar surface area (TPSA) is 57.0 Å². The number of anilines is 1. The number of nitriles is 1. The number of hydrogen-bond acceptors (Lipinski definition) is 4. The van der Waals surface area contributed by atoms with E-state index >= 15 is 0 Å². The molecule has 2 aliphatic rings. The van der Waals surface area contributed by atoms with Gasteiger partial charge in [0.05, 0.1) is 23.5 Å². The molecular formula is C25H21N3OS. The largest absolute Gasteiger partial charge is 0.303 e. The Bertz CT molecular complexity index is 1200. The fourth-order valence-corrected chi connectivity index (χ4v) is 5.57. The lowest BCUT2D eigenvalue weighted by Crippen LogP contribution is -2.25. The molecule has 4 nitrogen and oxygen atoms in total. The summed E-state index contributed by atoms with van der Waals surface area (Å²) in [6, 6.07) is 20.0. The van der Waals surface area contributed by atoms with Gasteiger partial charge in [0.15, 0.2) is 0 Å². The molecule has 1 atom stereocenters. The number of hydrogen-bond donors (Lipinski definition) is 0. The second-order valence-corrected chi connectivity index (χ2v) is 9.08. The molecule has 5 rings (SSSR count). The first-order chi connectivity index (χ1) is 14.7. The lowest BCUT2D eigenvalue weighted by molar-refractivity contribution is -0.113. The standard InChI is InChI=1S/C25H21N3OS/c1-16-11-12-20-22(13-16)30-24(27-20)19(14-26)23-18-9-5-6-10-21(18)28(25(23)29)15-17-7-3-2-4-8-17/h2-10,16H,11-13,15H2,1H3/b23-19-/t16-/m0/s1. The number of allylic oxidation sites excluding steroid dienone is 1. The van der Waals surface area contributed by atoms with Gasteiger partial charge < -0.3 is 4.90 Å². The highest BCUT2D eigenvalue weighted by Gasteiger charge is 2.36. The zero-order valence-corrected chi connectivity index (χ0v) is 17.6. The second kappa shape index (κ2) is 7.55. The van der Waals surface area contributed by atoms with Crippen molar-refractivity contribution in [1.29, 1.82) is 5.26 Å². The van der Waals surface area contributed by atoms with Gasteiger partial charge in [0.25, 0.3) is 5.91 Å². The average Bonchev–Trinajstić information content (AvgIpc) is 3.29. The Labute approximate surface area is 180 Å². The number of thiazole rings is 1. The molecule has 30 heavy (non-hydrogen) atoms. The Morgan fingerprint density at radius 2 is 1.97 bits per heavy atom. The number of rotatable bonds is 3. The molecule has 2 aromatic carbocycles. The van der Waals surface area contributed by atoms with Gasteiger partial charge in [-0.3, -0.25) is 4.79 Å². The van der Waals surface area contributed by atoms with E-state index < -0.39 is 0 Å². The third kappa shape index (κ3) is 3.14. The van der Waals surface area contributed by atoms with E-state index in [0.717, 1.165) is 41.8 Å². The first-order valence-corrected chi connectivity index (χ1v) is 11.1. The predicted molar refractivity (Wildman–Crippen MR) is 120 cm³/mol. The summed E-state index contributed by atoms with van der Waals surface area (Å²) < 4.78 is 0. The van der Waals surface area contributed by atoms with E-state index in [-0.39, 0.29) is 5.91 Å². The van der Waals surface area contributed by atoms with Gasteiger partial charge in [-0.15, -0.1) is 11.3 Å². The molecule has 3 aromatic rings. The van der Waals surface area contributed by atoms with Gasteiger partial charge in [-0.1, -0.05) is 55.5 Å². The van der Waals surface area contributed by atoms with Gasteiger partial charge in [0, 0.05) is 10.4 Å². The molecule has 0 radical (unpaired) electrons. The highest BCUT2D eigenvalue weighted by Crippen LogP contribution is 2.43. The Hall–Kier alpha value is -3.23. The van der Waals surface area contributed by atoms with Crippen LogP contribution in [0.3, 0.4) is 0 Å². The molecule has 0 fully saturated rings.